The molecular weight excluding hydrogens is 419 g/mol. The van der Waals surface area contributed by atoms with E-state index in [1.165, 1.54) is 24.5 Å². The lowest BCUT2D eigenvalue weighted by Crippen LogP contribution is -2.35. The van der Waals surface area contributed by atoms with Gasteiger partial charge in [-0.25, -0.2) is 23.1 Å². The van der Waals surface area contributed by atoms with Crippen LogP contribution in [0.3, 0.4) is 0 Å². The minimum absolute atomic E-state index is 0.0431. The van der Waals surface area contributed by atoms with Gasteiger partial charge in [0, 0.05) is 30.4 Å². The van der Waals surface area contributed by atoms with Gasteiger partial charge in [-0.15, -0.1) is 0 Å². The summed E-state index contributed by atoms with van der Waals surface area (Å²) in [5.74, 6) is -3.82. The van der Waals surface area contributed by atoms with Gasteiger partial charge in [0.25, 0.3) is 5.92 Å². The van der Waals surface area contributed by atoms with E-state index in [9.17, 15) is 18.0 Å². The van der Waals surface area contributed by atoms with Gasteiger partial charge in [0.15, 0.2) is 5.41 Å². The van der Waals surface area contributed by atoms with Crippen molar-refractivity contribution in [2.45, 2.75) is 37.5 Å². The van der Waals surface area contributed by atoms with Crippen molar-refractivity contribution in [1.29, 1.82) is 0 Å². The molecule has 1 aromatic carbocycles. The number of amides is 1. The van der Waals surface area contributed by atoms with Gasteiger partial charge < -0.3 is 10.2 Å². The molecule has 2 aromatic heterocycles. The Morgan fingerprint density at radius 1 is 1.12 bits per heavy atom. The summed E-state index contributed by atoms with van der Waals surface area (Å²) in [7, 11) is 0. The number of aryl methyl sites for hydroxylation is 2. The Hall–Kier alpha value is -3.49. The molecule has 164 valence electrons. The number of alkyl halides is 2. The van der Waals surface area contributed by atoms with Crippen molar-refractivity contribution in [3.05, 3.63) is 71.7 Å². The zero-order chi connectivity index (χ0) is 22.5. The van der Waals surface area contributed by atoms with Crippen molar-refractivity contribution in [3.8, 4) is 0 Å². The summed E-state index contributed by atoms with van der Waals surface area (Å²) in [6.45, 7) is 2.59. The fraction of sp³-hybridized carbons (Fsp3) is 0.304. The second-order valence-corrected chi connectivity index (χ2v) is 8.18. The zero-order valence-corrected chi connectivity index (χ0v) is 17.3. The van der Waals surface area contributed by atoms with Crippen LogP contribution >= 0.6 is 0 Å². The van der Waals surface area contributed by atoms with Crippen molar-refractivity contribution in [1.82, 2.24) is 15.0 Å². The first-order valence-electron chi connectivity index (χ1n) is 10.3. The van der Waals surface area contributed by atoms with Crippen molar-refractivity contribution < 1.29 is 18.0 Å². The topological polar surface area (TPSA) is 71.0 Å². The van der Waals surface area contributed by atoms with Gasteiger partial charge in [-0.05, 0) is 56.2 Å². The summed E-state index contributed by atoms with van der Waals surface area (Å²) in [6, 6.07) is 10.1. The fourth-order valence-corrected chi connectivity index (χ4v) is 4.21. The molecule has 1 amide bonds. The molecule has 0 radical (unpaired) electrons. The highest BCUT2D eigenvalue weighted by Gasteiger charge is 2.77. The van der Waals surface area contributed by atoms with Crippen molar-refractivity contribution in [2.75, 3.05) is 16.8 Å². The van der Waals surface area contributed by atoms with Gasteiger partial charge in [0.2, 0.25) is 5.91 Å². The molecule has 0 spiro atoms. The average molecular weight is 439 g/mol. The number of halogens is 3. The second kappa shape index (κ2) is 7.29. The normalized spacial score (nSPS) is 21.1. The molecule has 1 N–H and O–H groups in total. The van der Waals surface area contributed by atoms with E-state index in [0.29, 0.717) is 17.9 Å². The van der Waals surface area contributed by atoms with Gasteiger partial charge in [0.1, 0.15) is 18.0 Å². The predicted octanol–water partition coefficient (Wildman–Crippen LogP) is 4.32. The number of nitrogens with zero attached hydrogens (tertiary/aromatic N) is 4. The number of fused-ring (bicyclic) bond motifs is 1. The zero-order valence-electron chi connectivity index (χ0n) is 17.3. The second-order valence-electron chi connectivity index (χ2n) is 8.18. The van der Waals surface area contributed by atoms with Crippen LogP contribution in [0, 0.1) is 12.7 Å². The van der Waals surface area contributed by atoms with E-state index < -0.39 is 29.5 Å². The number of pyridine rings is 1. The molecule has 1 fully saturated rings. The molecule has 3 heterocycles. The summed E-state index contributed by atoms with van der Waals surface area (Å²) in [5.41, 5.74) is 0.520. The van der Waals surface area contributed by atoms with Crippen LogP contribution in [0.25, 0.3) is 0 Å². The molecule has 1 aliphatic heterocycles. The van der Waals surface area contributed by atoms with E-state index in [-0.39, 0.29) is 11.4 Å². The highest BCUT2D eigenvalue weighted by molar-refractivity contribution is 6.02. The minimum Gasteiger partial charge on any atom is -0.325 e. The maximum absolute atomic E-state index is 14.6. The Morgan fingerprint density at radius 3 is 2.56 bits per heavy atom. The van der Waals surface area contributed by atoms with Crippen LogP contribution < -0.4 is 10.2 Å². The maximum atomic E-state index is 14.6. The Morgan fingerprint density at radius 2 is 1.88 bits per heavy atom. The van der Waals surface area contributed by atoms with Crippen molar-refractivity contribution in [2.24, 2.45) is 0 Å². The molecule has 32 heavy (non-hydrogen) atoms. The summed E-state index contributed by atoms with van der Waals surface area (Å²) in [5, 5.41) is 2.49. The lowest BCUT2D eigenvalue weighted by molar-refractivity contribution is -0.121. The molecule has 5 rings (SSSR count). The third kappa shape index (κ3) is 3.28. The number of nitrogens with one attached hydrogen (secondary N) is 1. The molecule has 3 aromatic rings. The van der Waals surface area contributed by atoms with Crippen LogP contribution in [0.1, 0.15) is 29.9 Å². The highest BCUT2D eigenvalue weighted by atomic mass is 19.3. The smallest absolute Gasteiger partial charge is 0.269 e. The lowest BCUT2D eigenvalue weighted by Gasteiger charge is -2.30. The molecular formula is C23H20F3N5O. The Balaban J connectivity index is 1.48. The highest BCUT2D eigenvalue weighted by Crippen LogP contribution is 2.61. The van der Waals surface area contributed by atoms with E-state index in [0.717, 1.165) is 36.5 Å². The van der Waals surface area contributed by atoms with E-state index in [1.54, 1.807) is 6.07 Å². The lowest BCUT2D eigenvalue weighted by atomic mass is 9.97. The first-order chi connectivity index (χ1) is 15.3. The monoisotopic (exact) mass is 439 g/mol. The third-order valence-electron chi connectivity index (χ3n) is 6.02. The summed E-state index contributed by atoms with van der Waals surface area (Å²) in [4.78, 5) is 27.9. The number of benzene rings is 1. The van der Waals surface area contributed by atoms with Gasteiger partial charge in [-0.3, -0.25) is 9.78 Å². The number of aromatic nitrogens is 3. The number of carbonyl (C=O) groups is 1. The Kier molecular flexibility index (Phi) is 4.65. The summed E-state index contributed by atoms with van der Waals surface area (Å²) >= 11 is 0. The van der Waals surface area contributed by atoms with E-state index >= 15 is 0 Å². The molecule has 6 nitrogen and oxygen atoms in total. The fourth-order valence-electron chi connectivity index (χ4n) is 4.21. The Bertz CT molecular complexity index is 1200. The first kappa shape index (κ1) is 20.4. The van der Waals surface area contributed by atoms with Crippen LogP contribution in [0.15, 0.2) is 48.8 Å². The van der Waals surface area contributed by atoms with Crippen molar-refractivity contribution in [3.63, 3.8) is 0 Å². The van der Waals surface area contributed by atoms with Gasteiger partial charge >= 0.3 is 0 Å². The molecule has 1 unspecified atom stereocenters. The standard InChI is InChI=1S/C23H20F3N5O/c1-14-11-20(28-13-27-14)31-10-2-3-17-18(31)8-9-19(30-17)22(12-23(22,25)26)21(32)29-16-6-4-15(24)5-7-16/h4-9,11,13H,2-3,10,12H2,1H3,(H,29,32). The molecule has 2 aliphatic rings. The van der Waals surface area contributed by atoms with Crippen LogP contribution in [0.5, 0.6) is 0 Å². The van der Waals surface area contributed by atoms with Crippen LogP contribution in [0.4, 0.5) is 30.4 Å². The summed E-state index contributed by atoms with van der Waals surface area (Å²) < 4.78 is 42.3. The van der Waals surface area contributed by atoms with E-state index in [4.69, 9.17) is 0 Å². The van der Waals surface area contributed by atoms with Crippen LogP contribution in [-0.2, 0) is 16.6 Å². The number of hydrogen-bond acceptors (Lipinski definition) is 5. The molecule has 0 bridgehead atoms. The molecule has 1 aliphatic carbocycles. The van der Waals surface area contributed by atoms with Gasteiger partial charge in [0.05, 0.1) is 17.1 Å². The quantitative estimate of drug-likeness (QED) is 0.656. The van der Waals surface area contributed by atoms with E-state index in [2.05, 4.69) is 20.3 Å². The average Bonchev–Trinajstić information content (AvgIpc) is 3.38. The maximum Gasteiger partial charge on any atom is 0.269 e. The summed E-state index contributed by atoms with van der Waals surface area (Å²) in [6.07, 6.45) is 2.26. The molecule has 1 atom stereocenters. The minimum atomic E-state index is -3.21. The predicted molar refractivity (Wildman–Crippen MR) is 113 cm³/mol. The number of rotatable bonds is 4. The third-order valence-corrected chi connectivity index (χ3v) is 6.02. The molecule has 0 saturated heterocycles. The van der Waals surface area contributed by atoms with Crippen LogP contribution in [0.2, 0.25) is 0 Å². The van der Waals surface area contributed by atoms with E-state index in [1.807, 2.05) is 17.9 Å². The van der Waals surface area contributed by atoms with Crippen LogP contribution in [-0.4, -0.2) is 33.3 Å². The SMILES string of the molecule is Cc1cc(N2CCCc3nc(C4(C(=O)Nc5ccc(F)cc5)CC4(F)F)ccc32)ncn1. The first-order valence-corrected chi connectivity index (χ1v) is 10.3. The number of hydrogen-bond donors (Lipinski definition) is 1. The number of carbonyl (C=O) groups excluding carboxylic acids is 1. The largest absolute Gasteiger partial charge is 0.325 e. The van der Waals surface area contributed by atoms with Crippen molar-refractivity contribution >= 4 is 23.1 Å². The van der Waals surface area contributed by atoms with Gasteiger partial charge in [-0.1, -0.05) is 0 Å². The number of anilines is 3. The van der Waals surface area contributed by atoms with Gasteiger partial charge in [-0.2, -0.15) is 0 Å². The Labute approximate surface area is 182 Å². The molecule has 1 saturated carbocycles. The molecule has 9 heteroatoms.